The molecule has 1 aliphatic rings. The predicted molar refractivity (Wildman–Crippen MR) is 48.5 cm³/mol. The second-order valence-corrected chi connectivity index (χ2v) is 3.37. The third kappa shape index (κ3) is 2.93. The lowest BCUT2D eigenvalue weighted by molar-refractivity contribution is 0.493. The van der Waals surface area contributed by atoms with Crippen LogP contribution in [-0.2, 0) is 0 Å². The van der Waals surface area contributed by atoms with E-state index >= 15 is 0 Å². The molecule has 0 saturated heterocycles. The molecule has 0 bridgehead atoms. The molecular weight excluding hydrogens is 142 g/mol. The minimum Gasteiger partial charge on any atom is -0.305 e. The van der Waals surface area contributed by atoms with Crippen molar-refractivity contribution in [2.75, 3.05) is 5.88 Å². The average molecular weight is 159 g/mol. The summed E-state index contributed by atoms with van der Waals surface area (Å²) in [6, 6.07) is 0.764. The van der Waals surface area contributed by atoms with Crippen LogP contribution in [0.2, 0.25) is 0 Å². The summed E-state index contributed by atoms with van der Waals surface area (Å²) in [5.41, 5.74) is 0. The standard InChI is InChI=1S/C8H17NS/c10-7-9-8-5-3-1-2-4-6-8/h8-10H,1-7H2. The minimum absolute atomic E-state index is 0.764. The lowest BCUT2D eigenvalue weighted by Gasteiger charge is -2.13. The lowest BCUT2D eigenvalue weighted by Crippen LogP contribution is -2.26. The maximum atomic E-state index is 4.15. The van der Waals surface area contributed by atoms with Gasteiger partial charge in [0.15, 0.2) is 0 Å². The fourth-order valence-corrected chi connectivity index (χ4v) is 1.87. The van der Waals surface area contributed by atoms with Gasteiger partial charge >= 0.3 is 0 Å². The SMILES string of the molecule is SCNC1CCCCCC1. The molecular formula is C8H17NS. The first kappa shape index (κ1) is 8.41. The maximum Gasteiger partial charge on any atom is 0.0389 e. The number of thiol groups is 1. The summed E-state index contributed by atoms with van der Waals surface area (Å²) in [5, 5.41) is 3.39. The summed E-state index contributed by atoms with van der Waals surface area (Å²) >= 11 is 4.15. The maximum absolute atomic E-state index is 4.15. The first-order chi connectivity index (χ1) is 4.93. The molecule has 1 N–H and O–H groups in total. The molecule has 0 amide bonds. The van der Waals surface area contributed by atoms with Crippen molar-refractivity contribution < 1.29 is 0 Å². The van der Waals surface area contributed by atoms with Gasteiger partial charge in [0.25, 0.3) is 0 Å². The molecule has 0 spiro atoms. The van der Waals surface area contributed by atoms with E-state index < -0.39 is 0 Å². The highest BCUT2D eigenvalue weighted by atomic mass is 32.1. The van der Waals surface area contributed by atoms with Crippen LogP contribution < -0.4 is 5.32 Å². The fourth-order valence-electron chi connectivity index (χ4n) is 1.61. The molecule has 10 heavy (non-hydrogen) atoms. The van der Waals surface area contributed by atoms with E-state index in [1.165, 1.54) is 38.5 Å². The Morgan fingerprint density at radius 1 is 1.10 bits per heavy atom. The molecule has 0 aromatic rings. The van der Waals surface area contributed by atoms with Crippen molar-refractivity contribution in [3.63, 3.8) is 0 Å². The van der Waals surface area contributed by atoms with E-state index in [0.717, 1.165) is 11.9 Å². The smallest absolute Gasteiger partial charge is 0.0389 e. The van der Waals surface area contributed by atoms with Gasteiger partial charge < -0.3 is 5.32 Å². The van der Waals surface area contributed by atoms with Crippen LogP contribution in [0.5, 0.6) is 0 Å². The zero-order chi connectivity index (χ0) is 7.23. The van der Waals surface area contributed by atoms with Gasteiger partial charge in [-0.1, -0.05) is 25.7 Å². The minimum atomic E-state index is 0.764. The highest BCUT2D eigenvalue weighted by Crippen LogP contribution is 2.16. The molecule has 1 saturated carbocycles. The van der Waals surface area contributed by atoms with Crippen molar-refractivity contribution in [1.29, 1.82) is 0 Å². The van der Waals surface area contributed by atoms with E-state index in [1.807, 2.05) is 0 Å². The van der Waals surface area contributed by atoms with E-state index in [9.17, 15) is 0 Å². The summed E-state index contributed by atoms with van der Waals surface area (Å²) < 4.78 is 0. The zero-order valence-electron chi connectivity index (χ0n) is 6.47. The molecule has 1 nitrogen and oxygen atoms in total. The number of rotatable bonds is 2. The Balaban J connectivity index is 2.15. The van der Waals surface area contributed by atoms with Crippen molar-refractivity contribution in [3.05, 3.63) is 0 Å². The molecule has 0 aromatic carbocycles. The van der Waals surface area contributed by atoms with Gasteiger partial charge in [0, 0.05) is 11.9 Å². The summed E-state index contributed by atoms with van der Waals surface area (Å²) in [6.45, 7) is 0. The van der Waals surface area contributed by atoms with E-state index in [-0.39, 0.29) is 0 Å². The van der Waals surface area contributed by atoms with E-state index in [0.29, 0.717) is 0 Å². The van der Waals surface area contributed by atoms with Crippen LogP contribution >= 0.6 is 12.6 Å². The topological polar surface area (TPSA) is 12.0 Å². The largest absolute Gasteiger partial charge is 0.305 e. The van der Waals surface area contributed by atoms with Gasteiger partial charge in [-0.25, -0.2) is 0 Å². The quantitative estimate of drug-likeness (QED) is 0.357. The Kier molecular flexibility index (Phi) is 4.23. The summed E-state index contributed by atoms with van der Waals surface area (Å²) in [4.78, 5) is 0. The van der Waals surface area contributed by atoms with Crippen molar-refractivity contribution >= 4 is 12.6 Å². The molecule has 0 aromatic heterocycles. The molecule has 0 heterocycles. The van der Waals surface area contributed by atoms with Crippen LogP contribution in [0, 0.1) is 0 Å². The van der Waals surface area contributed by atoms with E-state index in [1.54, 1.807) is 0 Å². The fraction of sp³-hybridized carbons (Fsp3) is 1.00. The van der Waals surface area contributed by atoms with Gasteiger partial charge in [-0.2, -0.15) is 12.6 Å². The number of nitrogens with one attached hydrogen (secondary N) is 1. The van der Waals surface area contributed by atoms with Crippen molar-refractivity contribution in [3.8, 4) is 0 Å². The van der Waals surface area contributed by atoms with Gasteiger partial charge in [0.1, 0.15) is 0 Å². The first-order valence-electron chi connectivity index (χ1n) is 4.27. The second kappa shape index (κ2) is 5.03. The third-order valence-corrected chi connectivity index (χ3v) is 2.42. The molecule has 0 atom stereocenters. The predicted octanol–water partition coefficient (Wildman–Crippen LogP) is 2.19. The number of hydrogen-bond acceptors (Lipinski definition) is 2. The molecule has 0 aliphatic heterocycles. The molecule has 2 heteroatoms. The van der Waals surface area contributed by atoms with Gasteiger partial charge in [0.05, 0.1) is 0 Å². The number of hydrogen-bond donors (Lipinski definition) is 2. The molecule has 1 aliphatic carbocycles. The third-order valence-electron chi connectivity index (χ3n) is 2.24. The van der Waals surface area contributed by atoms with Crippen LogP contribution in [0.25, 0.3) is 0 Å². The van der Waals surface area contributed by atoms with Crippen LogP contribution in [0.1, 0.15) is 38.5 Å². The molecule has 60 valence electrons. The van der Waals surface area contributed by atoms with Crippen molar-refractivity contribution in [1.82, 2.24) is 5.32 Å². The van der Waals surface area contributed by atoms with Gasteiger partial charge in [-0.3, -0.25) is 0 Å². The van der Waals surface area contributed by atoms with E-state index in [4.69, 9.17) is 0 Å². The van der Waals surface area contributed by atoms with Gasteiger partial charge in [-0.05, 0) is 12.8 Å². The first-order valence-corrected chi connectivity index (χ1v) is 4.91. The van der Waals surface area contributed by atoms with Crippen LogP contribution in [0.4, 0.5) is 0 Å². The highest BCUT2D eigenvalue weighted by Gasteiger charge is 2.09. The monoisotopic (exact) mass is 159 g/mol. The van der Waals surface area contributed by atoms with Crippen molar-refractivity contribution in [2.24, 2.45) is 0 Å². The molecule has 0 radical (unpaired) electrons. The lowest BCUT2D eigenvalue weighted by atomic mass is 10.1. The Labute approximate surface area is 69.0 Å². The molecule has 0 unspecified atom stereocenters. The van der Waals surface area contributed by atoms with Crippen LogP contribution in [0.3, 0.4) is 0 Å². The van der Waals surface area contributed by atoms with Crippen LogP contribution in [-0.4, -0.2) is 11.9 Å². The summed E-state index contributed by atoms with van der Waals surface area (Å²) in [7, 11) is 0. The Bertz CT molecular complexity index is 77.3. The average Bonchev–Trinajstić information content (AvgIpc) is 2.17. The Morgan fingerprint density at radius 2 is 1.70 bits per heavy atom. The van der Waals surface area contributed by atoms with E-state index in [2.05, 4.69) is 17.9 Å². The second-order valence-electron chi connectivity index (χ2n) is 3.05. The highest BCUT2D eigenvalue weighted by molar-refractivity contribution is 7.80. The Morgan fingerprint density at radius 3 is 2.20 bits per heavy atom. The van der Waals surface area contributed by atoms with Crippen LogP contribution in [0.15, 0.2) is 0 Å². The molecule has 1 rings (SSSR count). The van der Waals surface area contributed by atoms with Crippen molar-refractivity contribution in [2.45, 2.75) is 44.6 Å². The molecule has 1 fully saturated rings. The zero-order valence-corrected chi connectivity index (χ0v) is 7.37. The normalized spacial score (nSPS) is 22.5. The Hall–Kier alpha value is 0.310. The van der Waals surface area contributed by atoms with Gasteiger partial charge in [0.2, 0.25) is 0 Å². The summed E-state index contributed by atoms with van der Waals surface area (Å²) in [5.74, 6) is 0.838. The summed E-state index contributed by atoms with van der Waals surface area (Å²) in [6.07, 6.45) is 8.41. The van der Waals surface area contributed by atoms with Gasteiger partial charge in [-0.15, -0.1) is 0 Å².